The van der Waals surface area contributed by atoms with Gasteiger partial charge in [0.05, 0.1) is 12.8 Å². The zero-order chi connectivity index (χ0) is 12.8. The van der Waals surface area contributed by atoms with Gasteiger partial charge in [-0.15, -0.1) is 0 Å². The van der Waals surface area contributed by atoms with Gasteiger partial charge in [-0.3, -0.25) is 0 Å². The molecule has 0 aliphatic rings. The lowest BCUT2D eigenvalue weighted by Crippen LogP contribution is -2.01. The average Bonchev–Trinajstić information content (AvgIpc) is 2.85. The number of H-pyrrole nitrogens is 1. The van der Waals surface area contributed by atoms with Crippen LogP contribution < -0.4 is 4.74 Å². The summed E-state index contributed by atoms with van der Waals surface area (Å²) in [5.74, 6) is 0.515. The number of ether oxygens (including phenoxy) is 1. The molecule has 0 aliphatic carbocycles. The van der Waals surface area contributed by atoms with Crippen molar-refractivity contribution in [3.8, 4) is 5.75 Å². The molecule has 0 unspecified atom stereocenters. The number of nitrogens with one attached hydrogen (secondary N) is 1. The Labute approximate surface area is 104 Å². The van der Waals surface area contributed by atoms with E-state index in [2.05, 4.69) is 9.97 Å². The van der Waals surface area contributed by atoms with Gasteiger partial charge in [-0.25, -0.2) is 9.78 Å². The van der Waals surface area contributed by atoms with E-state index in [1.165, 1.54) is 6.20 Å². The first-order valence-corrected chi connectivity index (χ1v) is 5.71. The minimum Gasteiger partial charge on any atom is -0.494 e. The average molecular weight is 246 g/mol. The molecule has 5 nitrogen and oxygen atoms in total. The number of aromatic amines is 1. The molecule has 94 valence electrons. The molecule has 1 aromatic carbocycles. The molecule has 5 heteroatoms. The molecule has 0 saturated heterocycles. The van der Waals surface area contributed by atoms with Gasteiger partial charge < -0.3 is 14.8 Å². The third-order valence-corrected chi connectivity index (χ3v) is 2.43. The van der Waals surface area contributed by atoms with Gasteiger partial charge in [-0.2, -0.15) is 0 Å². The quantitative estimate of drug-likeness (QED) is 0.765. The third-order valence-electron chi connectivity index (χ3n) is 2.43. The number of benzene rings is 1. The molecule has 0 saturated carbocycles. The number of rotatable bonds is 6. The molecule has 2 aromatic rings. The lowest BCUT2D eigenvalue weighted by Gasteiger charge is -2.04. The third kappa shape index (κ3) is 3.35. The van der Waals surface area contributed by atoms with E-state index in [0.29, 0.717) is 18.9 Å². The molecule has 0 bridgehead atoms. The summed E-state index contributed by atoms with van der Waals surface area (Å²) in [6, 6.07) is 9.57. The lowest BCUT2D eigenvalue weighted by atomic mass is 10.3. The normalized spacial score (nSPS) is 10.2. The van der Waals surface area contributed by atoms with E-state index >= 15 is 0 Å². The standard InChI is InChI=1S/C13H14N2O3/c16-13(17)11-9-14-12(15-11)7-4-8-18-10-5-2-1-3-6-10/h1-3,5-6,9H,4,7-8H2,(H,14,15)(H,16,17). The van der Waals surface area contributed by atoms with Crippen LogP contribution in [0, 0.1) is 0 Å². The SMILES string of the molecule is O=C(O)c1cnc(CCCOc2ccccc2)[nH]1. The number of aromatic nitrogens is 2. The van der Waals surface area contributed by atoms with E-state index in [9.17, 15) is 4.79 Å². The van der Waals surface area contributed by atoms with Gasteiger partial charge in [0.25, 0.3) is 0 Å². The lowest BCUT2D eigenvalue weighted by molar-refractivity contribution is 0.0691. The summed E-state index contributed by atoms with van der Waals surface area (Å²) in [6.07, 6.45) is 2.78. The second kappa shape index (κ2) is 5.86. The number of carbonyl (C=O) groups is 1. The van der Waals surface area contributed by atoms with E-state index in [1.807, 2.05) is 30.3 Å². The topological polar surface area (TPSA) is 75.2 Å². The Kier molecular flexibility index (Phi) is 3.96. The minimum absolute atomic E-state index is 0.119. The summed E-state index contributed by atoms with van der Waals surface area (Å²) < 4.78 is 5.52. The van der Waals surface area contributed by atoms with Crippen molar-refractivity contribution < 1.29 is 14.6 Å². The summed E-state index contributed by atoms with van der Waals surface area (Å²) >= 11 is 0. The van der Waals surface area contributed by atoms with E-state index in [4.69, 9.17) is 9.84 Å². The predicted molar refractivity (Wildman–Crippen MR) is 65.8 cm³/mol. The Morgan fingerprint density at radius 2 is 2.11 bits per heavy atom. The number of aryl methyl sites for hydroxylation is 1. The van der Waals surface area contributed by atoms with Gasteiger partial charge in [0.15, 0.2) is 0 Å². The van der Waals surface area contributed by atoms with Gasteiger partial charge in [0.2, 0.25) is 0 Å². The molecule has 0 atom stereocenters. The number of aromatic carboxylic acids is 1. The summed E-state index contributed by atoms with van der Waals surface area (Å²) in [6.45, 7) is 0.577. The summed E-state index contributed by atoms with van der Waals surface area (Å²) in [7, 11) is 0. The first kappa shape index (κ1) is 12.2. The Hall–Kier alpha value is -2.30. The predicted octanol–water partition coefficient (Wildman–Crippen LogP) is 2.12. The summed E-state index contributed by atoms with van der Waals surface area (Å²) in [5.41, 5.74) is 0.119. The fourth-order valence-electron chi connectivity index (χ4n) is 1.54. The number of para-hydroxylation sites is 1. The van der Waals surface area contributed by atoms with E-state index in [0.717, 1.165) is 12.2 Å². The number of imidazole rings is 1. The van der Waals surface area contributed by atoms with E-state index in [-0.39, 0.29) is 5.69 Å². The maximum Gasteiger partial charge on any atom is 0.353 e. The molecule has 1 heterocycles. The Bertz CT molecular complexity index is 508. The molecule has 0 aliphatic heterocycles. The van der Waals surface area contributed by atoms with Crippen LogP contribution >= 0.6 is 0 Å². The van der Waals surface area contributed by atoms with Crippen LogP contribution in [0.5, 0.6) is 5.75 Å². The highest BCUT2D eigenvalue weighted by Crippen LogP contribution is 2.09. The van der Waals surface area contributed by atoms with Crippen LogP contribution in [0.15, 0.2) is 36.5 Å². The highest BCUT2D eigenvalue weighted by molar-refractivity contribution is 5.84. The van der Waals surface area contributed by atoms with Crippen LogP contribution in [0.4, 0.5) is 0 Å². The van der Waals surface area contributed by atoms with Gasteiger partial charge in [-0.1, -0.05) is 18.2 Å². The zero-order valence-electron chi connectivity index (χ0n) is 9.80. The second-order valence-corrected chi connectivity index (χ2v) is 3.81. The number of hydrogen-bond donors (Lipinski definition) is 2. The van der Waals surface area contributed by atoms with Gasteiger partial charge in [0.1, 0.15) is 17.3 Å². The molecule has 18 heavy (non-hydrogen) atoms. The van der Waals surface area contributed by atoms with Crippen molar-refractivity contribution in [2.24, 2.45) is 0 Å². The molecule has 0 amide bonds. The molecule has 0 spiro atoms. The van der Waals surface area contributed by atoms with Crippen molar-refractivity contribution in [1.82, 2.24) is 9.97 Å². The molecule has 2 rings (SSSR count). The van der Waals surface area contributed by atoms with Crippen molar-refractivity contribution in [2.75, 3.05) is 6.61 Å². The maximum atomic E-state index is 10.6. The Balaban J connectivity index is 1.73. The molecule has 0 fully saturated rings. The fourth-order valence-corrected chi connectivity index (χ4v) is 1.54. The highest BCUT2D eigenvalue weighted by atomic mass is 16.5. The maximum absolute atomic E-state index is 10.6. The van der Waals surface area contributed by atoms with Crippen LogP contribution in [0.3, 0.4) is 0 Å². The number of carboxylic acid groups (broad SMARTS) is 1. The molecule has 0 radical (unpaired) electrons. The van der Waals surface area contributed by atoms with Crippen LogP contribution in [0.2, 0.25) is 0 Å². The Morgan fingerprint density at radius 1 is 1.33 bits per heavy atom. The van der Waals surface area contributed by atoms with Crippen molar-refractivity contribution in [3.05, 3.63) is 48.0 Å². The van der Waals surface area contributed by atoms with Gasteiger partial charge in [0, 0.05) is 6.42 Å². The minimum atomic E-state index is -0.991. The van der Waals surface area contributed by atoms with E-state index < -0.39 is 5.97 Å². The van der Waals surface area contributed by atoms with Gasteiger partial charge >= 0.3 is 5.97 Å². The smallest absolute Gasteiger partial charge is 0.353 e. The highest BCUT2D eigenvalue weighted by Gasteiger charge is 2.06. The fraction of sp³-hybridized carbons (Fsp3) is 0.231. The van der Waals surface area contributed by atoms with Crippen LogP contribution in [-0.4, -0.2) is 27.7 Å². The van der Waals surface area contributed by atoms with Crippen LogP contribution in [-0.2, 0) is 6.42 Å². The monoisotopic (exact) mass is 246 g/mol. The summed E-state index contributed by atoms with van der Waals surface area (Å²) in [4.78, 5) is 17.4. The van der Waals surface area contributed by atoms with E-state index in [1.54, 1.807) is 0 Å². The number of nitrogens with zero attached hydrogens (tertiary/aromatic N) is 1. The first-order chi connectivity index (χ1) is 8.75. The van der Waals surface area contributed by atoms with Crippen LogP contribution in [0.25, 0.3) is 0 Å². The summed E-state index contributed by atoms with van der Waals surface area (Å²) in [5, 5.41) is 8.72. The molecular formula is C13H14N2O3. The Morgan fingerprint density at radius 3 is 2.78 bits per heavy atom. The van der Waals surface area contributed by atoms with Gasteiger partial charge in [-0.05, 0) is 18.6 Å². The number of carboxylic acids is 1. The van der Waals surface area contributed by atoms with Crippen molar-refractivity contribution in [2.45, 2.75) is 12.8 Å². The second-order valence-electron chi connectivity index (χ2n) is 3.81. The largest absolute Gasteiger partial charge is 0.494 e. The zero-order valence-corrected chi connectivity index (χ0v) is 9.80. The number of hydrogen-bond acceptors (Lipinski definition) is 3. The molecule has 1 aromatic heterocycles. The van der Waals surface area contributed by atoms with Crippen LogP contribution in [0.1, 0.15) is 22.7 Å². The first-order valence-electron chi connectivity index (χ1n) is 5.71. The van der Waals surface area contributed by atoms with Crippen molar-refractivity contribution >= 4 is 5.97 Å². The molecule has 2 N–H and O–H groups in total. The molecular weight excluding hydrogens is 232 g/mol. The van der Waals surface area contributed by atoms with Crippen molar-refractivity contribution in [1.29, 1.82) is 0 Å². The van der Waals surface area contributed by atoms with Crippen molar-refractivity contribution in [3.63, 3.8) is 0 Å².